The summed E-state index contributed by atoms with van der Waals surface area (Å²) in [5, 5.41) is 2.66. The predicted molar refractivity (Wildman–Crippen MR) is 63.5 cm³/mol. The van der Waals surface area contributed by atoms with Gasteiger partial charge >= 0.3 is 0 Å². The molecule has 0 spiro atoms. The zero-order chi connectivity index (χ0) is 10.7. The Morgan fingerprint density at radius 2 is 2.33 bits per heavy atom. The topological polar surface area (TPSA) is 35.0 Å². The second-order valence-electron chi connectivity index (χ2n) is 2.90. The Kier molecular flexibility index (Phi) is 3.33. The van der Waals surface area contributed by atoms with E-state index in [0.29, 0.717) is 10.9 Å². The molecule has 5 heteroatoms. The molecular weight excluding hydrogens is 276 g/mol. The summed E-state index contributed by atoms with van der Waals surface area (Å²) >= 11 is 4.83. The fourth-order valence-corrected chi connectivity index (χ4v) is 2.16. The molecular formula is C10H9BrN2OS. The molecule has 0 saturated carbocycles. The van der Waals surface area contributed by atoms with E-state index >= 15 is 0 Å². The summed E-state index contributed by atoms with van der Waals surface area (Å²) < 4.78 is 6.45. The van der Waals surface area contributed by atoms with Crippen LogP contribution >= 0.6 is 27.3 Å². The minimum Gasteiger partial charge on any atom is -0.429 e. The van der Waals surface area contributed by atoms with Gasteiger partial charge in [0.25, 0.3) is 5.19 Å². The van der Waals surface area contributed by atoms with Crippen LogP contribution in [0.15, 0.2) is 28.3 Å². The third kappa shape index (κ3) is 2.76. The highest BCUT2D eigenvalue weighted by Crippen LogP contribution is 2.26. The maximum atomic E-state index is 5.56. The number of hydrogen-bond acceptors (Lipinski definition) is 4. The molecule has 0 saturated heterocycles. The first kappa shape index (κ1) is 10.6. The molecule has 2 heterocycles. The normalized spacial score (nSPS) is 10.3. The minimum absolute atomic E-state index is 0.659. The van der Waals surface area contributed by atoms with E-state index in [1.165, 1.54) is 11.3 Å². The maximum Gasteiger partial charge on any atom is 0.278 e. The molecule has 3 nitrogen and oxygen atoms in total. The van der Waals surface area contributed by atoms with Crippen LogP contribution in [0.2, 0.25) is 0 Å². The number of ether oxygens (including phenoxy) is 1. The molecule has 0 aliphatic heterocycles. The van der Waals surface area contributed by atoms with Gasteiger partial charge in [-0.05, 0) is 28.4 Å². The second-order valence-corrected chi connectivity index (χ2v) is 4.64. The predicted octanol–water partition coefficient (Wildman–Crippen LogP) is 3.66. The van der Waals surface area contributed by atoms with Gasteiger partial charge in [-0.3, -0.25) is 4.98 Å². The summed E-state index contributed by atoms with van der Waals surface area (Å²) in [4.78, 5) is 8.32. The average molecular weight is 285 g/mol. The van der Waals surface area contributed by atoms with Gasteiger partial charge in [0, 0.05) is 16.0 Å². The van der Waals surface area contributed by atoms with E-state index in [2.05, 4.69) is 32.8 Å². The van der Waals surface area contributed by atoms with E-state index in [1.807, 2.05) is 11.4 Å². The van der Waals surface area contributed by atoms with Gasteiger partial charge in [0.15, 0.2) is 0 Å². The summed E-state index contributed by atoms with van der Waals surface area (Å²) in [7, 11) is 0. The van der Waals surface area contributed by atoms with Crippen LogP contribution < -0.4 is 4.74 Å². The molecule has 0 unspecified atom stereocenters. The number of aryl methyl sites for hydroxylation is 1. The van der Waals surface area contributed by atoms with Crippen molar-refractivity contribution < 1.29 is 4.74 Å². The molecule has 0 amide bonds. The van der Waals surface area contributed by atoms with Crippen molar-refractivity contribution in [3.05, 3.63) is 34.0 Å². The highest BCUT2D eigenvalue weighted by atomic mass is 79.9. The van der Waals surface area contributed by atoms with Crippen molar-refractivity contribution in [1.82, 2.24) is 9.97 Å². The highest BCUT2D eigenvalue weighted by Gasteiger charge is 2.03. The fraction of sp³-hybridized carbons (Fsp3) is 0.200. The van der Waals surface area contributed by atoms with Gasteiger partial charge < -0.3 is 4.74 Å². The number of rotatable bonds is 3. The van der Waals surface area contributed by atoms with Gasteiger partial charge in [-0.2, -0.15) is 0 Å². The molecule has 0 aliphatic rings. The van der Waals surface area contributed by atoms with E-state index in [9.17, 15) is 0 Å². The van der Waals surface area contributed by atoms with Crippen molar-refractivity contribution >= 4 is 27.3 Å². The lowest BCUT2D eigenvalue weighted by molar-refractivity contribution is 0.474. The summed E-state index contributed by atoms with van der Waals surface area (Å²) in [5.41, 5.74) is 1.05. The molecule has 15 heavy (non-hydrogen) atoms. The third-order valence-corrected chi connectivity index (χ3v) is 2.98. The van der Waals surface area contributed by atoms with Crippen molar-refractivity contribution in [2.45, 2.75) is 13.3 Å². The lowest BCUT2D eigenvalue weighted by Crippen LogP contribution is -1.85. The molecule has 0 fully saturated rings. The molecule has 2 rings (SSSR count). The zero-order valence-corrected chi connectivity index (χ0v) is 10.5. The number of thiazole rings is 1. The largest absolute Gasteiger partial charge is 0.429 e. The van der Waals surface area contributed by atoms with Gasteiger partial charge in [-0.25, -0.2) is 4.98 Å². The van der Waals surface area contributed by atoms with Crippen molar-refractivity contribution in [3.63, 3.8) is 0 Å². The van der Waals surface area contributed by atoms with Crippen LogP contribution in [0.4, 0.5) is 0 Å². The Hall–Kier alpha value is -0.940. The summed E-state index contributed by atoms with van der Waals surface area (Å²) in [6, 6.07) is 1.86. The molecule has 0 atom stereocenters. The minimum atomic E-state index is 0.659. The average Bonchev–Trinajstić information content (AvgIpc) is 2.65. The van der Waals surface area contributed by atoms with Crippen molar-refractivity contribution in [1.29, 1.82) is 0 Å². The SMILES string of the molecule is CCc1csc(Oc2cncc(Br)c2)n1. The van der Waals surface area contributed by atoms with Crippen molar-refractivity contribution in [3.8, 4) is 10.9 Å². The van der Waals surface area contributed by atoms with Crippen LogP contribution in [0, 0.1) is 0 Å². The van der Waals surface area contributed by atoms with Crippen LogP contribution in [0.1, 0.15) is 12.6 Å². The Morgan fingerprint density at radius 1 is 1.47 bits per heavy atom. The quantitative estimate of drug-likeness (QED) is 0.863. The molecule has 0 radical (unpaired) electrons. The van der Waals surface area contributed by atoms with Crippen LogP contribution in [0.3, 0.4) is 0 Å². The van der Waals surface area contributed by atoms with E-state index in [4.69, 9.17) is 4.74 Å². The Balaban J connectivity index is 2.14. The van der Waals surface area contributed by atoms with E-state index in [-0.39, 0.29) is 0 Å². The summed E-state index contributed by atoms with van der Waals surface area (Å²) in [5.74, 6) is 0.696. The Morgan fingerprint density at radius 3 is 3.00 bits per heavy atom. The van der Waals surface area contributed by atoms with Crippen molar-refractivity contribution in [2.24, 2.45) is 0 Å². The van der Waals surface area contributed by atoms with Crippen LogP contribution in [-0.2, 0) is 6.42 Å². The Labute approximate surface area is 100 Å². The molecule has 78 valence electrons. The number of aromatic nitrogens is 2. The fourth-order valence-electron chi connectivity index (χ4n) is 1.05. The van der Waals surface area contributed by atoms with E-state index < -0.39 is 0 Å². The first-order valence-electron chi connectivity index (χ1n) is 4.50. The second kappa shape index (κ2) is 4.72. The molecule has 2 aromatic rings. The number of halogens is 1. The van der Waals surface area contributed by atoms with Crippen LogP contribution in [0.25, 0.3) is 0 Å². The number of hydrogen-bond donors (Lipinski definition) is 0. The van der Waals surface area contributed by atoms with Gasteiger partial charge in [0.2, 0.25) is 0 Å². The third-order valence-electron chi connectivity index (χ3n) is 1.78. The lowest BCUT2D eigenvalue weighted by atomic mass is 10.4. The van der Waals surface area contributed by atoms with E-state index in [1.54, 1.807) is 12.4 Å². The monoisotopic (exact) mass is 284 g/mol. The Bertz CT molecular complexity index is 458. The zero-order valence-electron chi connectivity index (χ0n) is 8.11. The highest BCUT2D eigenvalue weighted by molar-refractivity contribution is 9.10. The first-order valence-corrected chi connectivity index (χ1v) is 6.18. The van der Waals surface area contributed by atoms with Gasteiger partial charge in [-0.15, -0.1) is 0 Å². The lowest BCUT2D eigenvalue weighted by Gasteiger charge is -2.00. The molecule has 0 aromatic carbocycles. The number of nitrogens with zero attached hydrogens (tertiary/aromatic N) is 2. The molecule has 0 aliphatic carbocycles. The summed E-state index contributed by atoms with van der Waals surface area (Å²) in [6.07, 6.45) is 4.31. The first-order chi connectivity index (χ1) is 7.28. The van der Waals surface area contributed by atoms with Crippen LogP contribution in [-0.4, -0.2) is 9.97 Å². The maximum absolute atomic E-state index is 5.56. The van der Waals surface area contributed by atoms with Gasteiger partial charge in [0.05, 0.1) is 11.9 Å². The van der Waals surface area contributed by atoms with Crippen LogP contribution in [0.5, 0.6) is 10.9 Å². The summed E-state index contributed by atoms with van der Waals surface area (Å²) in [6.45, 7) is 2.07. The van der Waals surface area contributed by atoms with Crippen molar-refractivity contribution in [2.75, 3.05) is 0 Å². The van der Waals surface area contributed by atoms with Gasteiger partial charge in [0.1, 0.15) is 5.75 Å². The molecule has 0 N–H and O–H groups in total. The molecule has 2 aromatic heterocycles. The van der Waals surface area contributed by atoms with Gasteiger partial charge in [-0.1, -0.05) is 18.3 Å². The number of pyridine rings is 1. The van der Waals surface area contributed by atoms with E-state index in [0.717, 1.165) is 16.6 Å². The smallest absolute Gasteiger partial charge is 0.278 e. The molecule has 0 bridgehead atoms. The standard InChI is InChI=1S/C10H9BrN2OS/c1-2-8-6-15-10(13-8)14-9-3-7(11)4-12-5-9/h3-6H,2H2,1H3.